The SMILES string of the molecule is [2H]c1c([2H])c(C([2H])([2H])[2H])c([2H])c([2H])c1-c1ccnc(-c2[c-]c(-c3cccc4c3nc(-c3cc(C(C([2H])([2H])[2H])(C([2H])([2H])[2H])C([2H])([2H])[2H])cc(C(C([2H])([2H])[2H])(C([2H])([2H])[2H])C([2H])([2H])[2H])c3O)n4-c3ccc(C(C)(C)C)cc3-c3ccccc3)cc(C(C)(C)C)c2)c1.[Pt]. The summed E-state index contributed by atoms with van der Waals surface area (Å²) in [6, 6.07) is 27.2. The van der Waals surface area contributed by atoms with Gasteiger partial charge in [0.1, 0.15) is 11.6 Å². The van der Waals surface area contributed by atoms with E-state index in [1.54, 1.807) is 72.8 Å². The van der Waals surface area contributed by atoms with Crippen molar-refractivity contribution in [2.45, 2.75) is 111 Å². The fourth-order valence-electron chi connectivity index (χ4n) is 7.57. The Morgan fingerprint density at radius 3 is 1.94 bits per heavy atom. The average molecular weight is 1050 g/mol. The number of para-hydroxylation sites is 1. The number of rotatable bonds is 6. The number of hydrogen-bond acceptors (Lipinski definition) is 3. The maximum atomic E-state index is 13.1. The standard InChI is InChI=1S/C59H62N3O.Pt/c1-37-22-24-38(25-23-37)40-28-29-60-50(33-40)42-30-41(31-44(32-42)57(5,6)7)46-20-17-21-52-53(46)61-55(48-35-45(58(8,9)10)36-49(54(48)63)59(11,12)13)62(52)51-27-26-43(56(2,3)4)34-47(51)39-18-15-14-16-19-39;/h14-29,31-36,63H,1-13H3;/q-1;/i1D3,8D3,9D3,10D3,11D3,12D3,13D3,22D,23D,24D,25D;. The van der Waals surface area contributed by atoms with Crippen LogP contribution in [0.4, 0.5) is 0 Å². The molecule has 0 spiro atoms. The first-order valence-electron chi connectivity index (χ1n) is 32.7. The number of benzene rings is 6. The van der Waals surface area contributed by atoms with E-state index in [4.69, 9.17) is 39.3 Å². The molecule has 2 heterocycles. The molecule has 6 aromatic carbocycles. The van der Waals surface area contributed by atoms with Crippen LogP contribution in [0.1, 0.15) is 145 Å². The maximum Gasteiger partial charge on any atom is 0.148 e. The van der Waals surface area contributed by atoms with Crippen molar-refractivity contribution in [3.05, 3.63) is 167 Å². The van der Waals surface area contributed by atoms with Crippen LogP contribution in [-0.2, 0) is 42.7 Å². The third kappa shape index (κ3) is 9.18. The Balaban J connectivity index is 0.0000113. The summed E-state index contributed by atoms with van der Waals surface area (Å²) in [5.41, 5.74) is -9.95. The van der Waals surface area contributed by atoms with E-state index in [0.717, 1.165) is 5.56 Å². The zero-order chi connectivity index (χ0) is 66.2. The second kappa shape index (κ2) is 17.1. The van der Waals surface area contributed by atoms with E-state index in [-0.39, 0.29) is 66.2 Å². The van der Waals surface area contributed by atoms with Gasteiger partial charge in [-0.15, -0.1) is 29.3 Å². The molecule has 0 unspecified atom stereocenters. The minimum Gasteiger partial charge on any atom is -0.507 e. The van der Waals surface area contributed by atoms with Gasteiger partial charge in [-0.1, -0.05) is 184 Å². The molecule has 8 rings (SSSR count). The fourth-order valence-corrected chi connectivity index (χ4v) is 7.57. The molecule has 0 saturated carbocycles. The van der Waals surface area contributed by atoms with Crippen molar-refractivity contribution in [2.75, 3.05) is 0 Å². The number of hydrogen-bond donors (Lipinski definition) is 1. The van der Waals surface area contributed by atoms with E-state index in [2.05, 4.69) is 11.1 Å². The molecular formula is C59H62N3OPt-. The minimum absolute atomic E-state index is 0. The number of pyridine rings is 1. The number of imidazole rings is 1. The third-order valence-corrected chi connectivity index (χ3v) is 11.0. The summed E-state index contributed by atoms with van der Waals surface area (Å²) in [6.07, 6.45) is 1.36. The summed E-state index contributed by atoms with van der Waals surface area (Å²) in [5.74, 6) is -1.95. The van der Waals surface area contributed by atoms with Crippen LogP contribution in [-0.4, -0.2) is 19.6 Å². The van der Waals surface area contributed by atoms with Gasteiger partial charge in [0.15, 0.2) is 0 Å². The second-order valence-electron chi connectivity index (χ2n) is 17.8. The first-order chi connectivity index (χ1) is 40.0. The van der Waals surface area contributed by atoms with Gasteiger partial charge >= 0.3 is 0 Å². The molecule has 0 aliphatic carbocycles. The molecule has 0 bridgehead atoms. The monoisotopic (exact) mass is 1050 g/mol. The first kappa shape index (κ1) is 24.1. The molecule has 5 heteroatoms. The summed E-state index contributed by atoms with van der Waals surface area (Å²) in [7, 11) is 0. The molecule has 0 aliphatic heterocycles. The average Bonchev–Trinajstić information content (AvgIpc) is 1.11. The number of phenols is 1. The normalized spacial score (nSPS) is 19.5. The predicted octanol–water partition coefficient (Wildman–Crippen LogP) is 15.8. The van der Waals surface area contributed by atoms with Crippen LogP contribution in [0, 0.1) is 12.9 Å². The fraction of sp³-hybridized carbons (Fsp3) is 0.288. The molecule has 2 aromatic heterocycles. The van der Waals surface area contributed by atoms with E-state index in [9.17, 15) is 5.11 Å². The van der Waals surface area contributed by atoms with Gasteiger partial charge in [0.05, 0.1) is 27.8 Å². The quantitative estimate of drug-likeness (QED) is 0.169. The maximum absolute atomic E-state index is 13.1. The van der Waals surface area contributed by atoms with Crippen LogP contribution in [0.25, 0.3) is 72.7 Å². The topological polar surface area (TPSA) is 50.9 Å². The largest absolute Gasteiger partial charge is 0.507 e. The van der Waals surface area contributed by atoms with Crippen LogP contribution in [0.3, 0.4) is 0 Å². The van der Waals surface area contributed by atoms with Gasteiger partial charge in [0.25, 0.3) is 0 Å². The van der Waals surface area contributed by atoms with Gasteiger partial charge in [-0.3, -0.25) is 9.55 Å². The molecule has 0 radical (unpaired) electrons. The number of fused-ring (bicyclic) bond motifs is 1. The number of phenolic OH excluding ortho intramolecular Hbond substituents is 1. The molecule has 0 atom stereocenters. The predicted molar refractivity (Wildman–Crippen MR) is 266 cm³/mol. The third-order valence-electron chi connectivity index (χ3n) is 11.0. The van der Waals surface area contributed by atoms with Crippen molar-refractivity contribution in [2.24, 2.45) is 0 Å². The van der Waals surface area contributed by atoms with Gasteiger partial charge in [0.2, 0.25) is 0 Å². The summed E-state index contributed by atoms with van der Waals surface area (Å²) >= 11 is 0. The van der Waals surface area contributed by atoms with Gasteiger partial charge in [-0.05, 0) is 86.7 Å². The number of aromatic nitrogens is 3. The Labute approximate surface area is 431 Å². The van der Waals surface area contributed by atoms with E-state index in [0.29, 0.717) is 33.9 Å². The van der Waals surface area contributed by atoms with Crippen LogP contribution < -0.4 is 0 Å². The van der Waals surface area contributed by atoms with Gasteiger partial charge in [0, 0.05) is 72.9 Å². The smallest absolute Gasteiger partial charge is 0.148 e. The van der Waals surface area contributed by atoms with Crippen LogP contribution in [0.5, 0.6) is 5.75 Å². The van der Waals surface area contributed by atoms with Crippen molar-refractivity contribution in [1.29, 1.82) is 0 Å². The molecule has 8 aromatic rings. The van der Waals surface area contributed by atoms with Gasteiger partial charge < -0.3 is 5.11 Å². The molecule has 64 heavy (non-hydrogen) atoms. The Kier molecular flexibility index (Phi) is 6.44. The van der Waals surface area contributed by atoms with E-state index >= 15 is 0 Å². The van der Waals surface area contributed by atoms with Gasteiger partial charge in [-0.25, -0.2) is 4.98 Å². The van der Waals surface area contributed by atoms with E-state index < -0.39 is 128 Å². The van der Waals surface area contributed by atoms with Crippen molar-refractivity contribution in [1.82, 2.24) is 14.5 Å². The van der Waals surface area contributed by atoms with Crippen LogP contribution in [0.2, 0.25) is 0 Å². The summed E-state index contributed by atoms with van der Waals surface area (Å²) in [6.45, 7) is -16.2. The zero-order valence-corrected chi connectivity index (χ0v) is 38.3. The molecular weight excluding hydrogens is 962 g/mol. The number of nitrogens with zero attached hydrogens (tertiary/aromatic N) is 3. The van der Waals surface area contributed by atoms with E-state index in [1.807, 2.05) is 47.6 Å². The Morgan fingerprint density at radius 2 is 1.27 bits per heavy atom. The van der Waals surface area contributed by atoms with Crippen molar-refractivity contribution < 1.29 is 60.4 Å². The molecule has 0 aliphatic rings. The second-order valence-corrected chi connectivity index (χ2v) is 17.8. The first-order valence-corrected chi connectivity index (χ1v) is 20.2. The van der Waals surface area contributed by atoms with Crippen molar-refractivity contribution in [3.63, 3.8) is 0 Å². The van der Waals surface area contributed by atoms with E-state index in [1.165, 1.54) is 22.9 Å². The van der Waals surface area contributed by atoms with Crippen LogP contribution >= 0.6 is 0 Å². The summed E-state index contributed by atoms with van der Waals surface area (Å²) in [5, 5.41) is 13.1. The Hall–Kier alpha value is -5.57. The Morgan fingerprint density at radius 1 is 0.594 bits per heavy atom. The number of aromatic hydroxyl groups is 1. The Bertz CT molecular complexity index is 3920. The van der Waals surface area contributed by atoms with Crippen molar-refractivity contribution >= 4 is 11.0 Å². The zero-order valence-electron chi connectivity index (χ0n) is 61.0. The molecule has 330 valence electrons. The summed E-state index contributed by atoms with van der Waals surface area (Å²) < 4.78 is 218. The molecule has 0 fully saturated rings. The minimum atomic E-state index is -4.21. The molecule has 1 N–H and O–H groups in total. The van der Waals surface area contributed by atoms with Gasteiger partial charge in [-0.2, -0.15) is 0 Å². The summed E-state index contributed by atoms with van der Waals surface area (Å²) in [4.78, 5) is 9.76. The van der Waals surface area contributed by atoms with Crippen molar-refractivity contribution in [3.8, 4) is 67.5 Å². The van der Waals surface area contributed by atoms with Crippen LogP contribution in [0.15, 0.2) is 133 Å². The molecule has 0 amide bonds. The molecule has 4 nitrogen and oxygen atoms in total. The molecule has 0 saturated heterocycles.